The summed E-state index contributed by atoms with van der Waals surface area (Å²) in [7, 11) is 0. The number of fused-ring (bicyclic) bond motifs is 3. The number of pyridine rings is 1. The number of nitrogens with one attached hydrogen (secondary N) is 1. The highest BCUT2D eigenvalue weighted by atomic mass is 32.2. The summed E-state index contributed by atoms with van der Waals surface area (Å²) in [4.78, 5) is 12.1. The Kier molecular flexibility index (Phi) is 4.32. The van der Waals surface area contributed by atoms with E-state index < -0.39 is 5.92 Å². The van der Waals surface area contributed by atoms with Crippen molar-refractivity contribution in [2.45, 2.75) is 19.0 Å². The number of para-hydroxylation sites is 1. The van der Waals surface area contributed by atoms with E-state index in [1.165, 1.54) is 18.7 Å². The van der Waals surface area contributed by atoms with E-state index in [0.29, 0.717) is 5.16 Å². The number of benzene rings is 1. The standard InChI is InChI=1S/C17H15N5OS/c1-10-7-16-20-21-17(22(16)14-6-4-3-5-12(10)14)24-9-15(23)13(8-18)11(2)19/h3-7,13,19H,9H2,1-2H3/t13-/m1/s1. The van der Waals surface area contributed by atoms with Crippen molar-refractivity contribution in [2.75, 3.05) is 5.75 Å². The predicted molar refractivity (Wildman–Crippen MR) is 93.5 cm³/mol. The van der Waals surface area contributed by atoms with E-state index in [-0.39, 0.29) is 17.2 Å². The van der Waals surface area contributed by atoms with Gasteiger partial charge in [-0.2, -0.15) is 5.26 Å². The zero-order valence-electron chi connectivity index (χ0n) is 13.3. The zero-order valence-corrected chi connectivity index (χ0v) is 14.1. The van der Waals surface area contributed by atoms with Crippen molar-refractivity contribution in [3.8, 4) is 6.07 Å². The molecule has 1 atom stereocenters. The van der Waals surface area contributed by atoms with Crippen molar-refractivity contribution in [1.82, 2.24) is 14.6 Å². The van der Waals surface area contributed by atoms with E-state index in [1.807, 2.05) is 47.7 Å². The summed E-state index contributed by atoms with van der Waals surface area (Å²) in [6, 6.07) is 11.8. The minimum Gasteiger partial charge on any atom is -0.308 e. The van der Waals surface area contributed by atoms with Crippen LogP contribution in [0.5, 0.6) is 0 Å². The van der Waals surface area contributed by atoms with Crippen LogP contribution in [0.25, 0.3) is 16.6 Å². The summed E-state index contributed by atoms with van der Waals surface area (Å²) >= 11 is 1.24. The maximum absolute atomic E-state index is 12.1. The number of hydrogen-bond acceptors (Lipinski definition) is 6. The minimum absolute atomic E-state index is 0.0651. The molecular formula is C17H15N5OS. The van der Waals surface area contributed by atoms with Gasteiger partial charge in [0.05, 0.1) is 17.3 Å². The molecule has 0 saturated heterocycles. The van der Waals surface area contributed by atoms with Crippen molar-refractivity contribution in [1.29, 1.82) is 10.7 Å². The average Bonchev–Trinajstić information content (AvgIpc) is 2.96. The molecule has 3 rings (SSSR count). The van der Waals surface area contributed by atoms with Crippen molar-refractivity contribution in [2.24, 2.45) is 5.92 Å². The molecule has 0 unspecified atom stereocenters. The number of rotatable bonds is 5. The Bertz CT molecular complexity index is 1000. The summed E-state index contributed by atoms with van der Waals surface area (Å²) in [5, 5.41) is 26.6. The minimum atomic E-state index is -0.990. The quantitative estimate of drug-likeness (QED) is 0.570. The lowest BCUT2D eigenvalue weighted by Gasteiger charge is -2.08. The Morgan fingerprint density at radius 3 is 2.88 bits per heavy atom. The molecule has 2 heterocycles. The number of hydrogen-bond donors (Lipinski definition) is 1. The molecule has 0 aliphatic carbocycles. The van der Waals surface area contributed by atoms with Gasteiger partial charge in [-0.15, -0.1) is 10.2 Å². The number of nitrogens with zero attached hydrogens (tertiary/aromatic N) is 4. The molecular weight excluding hydrogens is 322 g/mol. The Morgan fingerprint density at radius 2 is 2.17 bits per heavy atom. The number of ketones is 1. The summed E-state index contributed by atoms with van der Waals surface area (Å²) < 4.78 is 1.92. The lowest BCUT2D eigenvalue weighted by atomic mass is 10.0. The van der Waals surface area contributed by atoms with Crippen LogP contribution in [0.1, 0.15) is 12.5 Å². The van der Waals surface area contributed by atoms with Crippen LogP contribution >= 0.6 is 11.8 Å². The summed E-state index contributed by atoms with van der Waals surface area (Å²) in [5.74, 6) is -1.20. The molecule has 0 fully saturated rings. The molecule has 0 radical (unpaired) electrons. The molecule has 0 amide bonds. The fraction of sp³-hybridized carbons (Fsp3) is 0.235. The maximum atomic E-state index is 12.1. The van der Waals surface area contributed by atoms with Gasteiger partial charge < -0.3 is 5.41 Å². The fourth-order valence-corrected chi connectivity index (χ4v) is 3.46. The highest BCUT2D eigenvalue weighted by Gasteiger charge is 2.21. The molecule has 0 spiro atoms. The summed E-state index contributed by atoms with van der Waals surface area (Å²) in [6.45, 7) is 3.50. The van der Waals surface area contributed by atoms with Crippen LogP contribution in [0.3, 0.4) is 0 Å². The monoisotopic (exact) mass is 337 g/mol. The topological polar surface area (TPSA) is 94.9 Å². The molecule has 6 nitrogen and oxygen atoms in total. The van der Waals surface area contributed by atoms with Gasteiger partial charge in [0.25, 0.3) is 0 Å². The van der Waals surface area contributed by atoms with Gasteiger partial charge in [0.15, 0.2) is 16.6 Å². The first-order chi connectivity index (χ1) is 11.5. The van der Waals surface area contributed by atoms with Crippen LogP contribution in [-0.2, 0) is 4.79 Å². The molecule has 0 aliphatic heterocycles. The van der Waals surface area contributed by atoms with Gasteiger partial charge in [-0.05, 0) is 31.5 Å². The van der Waals surface area contributed by atoms with Gasteiger partial charge in [-0.3, -0.25) is 9.20 Å². The highest BCUT2D eigenvalue weighted by Crippen LogP contribution is 2.26. The Balaban J connectivity index is 1.97. The first-order valence-electron chi connectivity index (χ1n) is 7.36. The number of carbonyl (C=O) groups is 1. The maximum Gasteiger partial charge on any atom is 0.196 e. The third-order valence-electron chi connectivity index (χ3n) is 3.80. The second-order valence-corrected chi connectivity index (χ2v) is 6.46. The second kappa shape index (κ2) is 6.42. The van der Waals surface area contributed by atoms with Crippen LogP contribution in [0.4, 0.5) is 0 Å². The first-order valence-corrected chi connectivity index (χ1v) is 8.35. The molecule has 0 bridgehead atoms. The number of carbonyl (C=O) groups excluding carboxylic acids is 1. The molecule has 0 aliphatic rings. The molecule has 3 aromatic rings. The second-order valence-electron chi connectivity index (χ2n) is 5.52. The highest BCUT2D eigenvalue weighted by molar-refractivity contribution is 7.99. The average molecular weight is 337 g/mol. The first kappa shape index (κ1) is 16.1. The fourth-order valence-electron chi connectivity index (χ4n) is 2.60. The van der Waals surface area contributed by atoms with E-state index in [0.717, 1.165) is 22.1 Å². The molecule has 24 heavy (non-hydrogen) atoms. The van der Waals surface area contributed by atoms with Crippen LogP contribution in [0.15, 0.2) is 35.5 Å². The van der Waals surface area contributed by atoms with E-state index in [4.69, 9.17) is 10.7 Å². The predicted octanol–water partition coefficient (Wildman–Crippen LogP) is 3.03. The van der Waals surface area contributed by atoms with Crippen LogP contribution in [-0.4, -0.2) is 31.8 Å². The SMILES string of the molecule is CC(=N)[C@@H](C#N)C(=O)CSc1nnc2cc(C)c3ccccc3n12. The van der Waals surface area contributed by atoms with Crippen LogP contribution in [0.2, 0.25) is 0 Å². The van der Waals surface area contributed by atoms with Gasteiger partial charge >= 0.3 is 0 Å². The van der Waals surface area contributed by atoms with Gasteiger partial charge in [0.2, 0.25) is 0 Å². The van der Waals surface area contributed by atoms with Crippen molar-refractivity contribution in [3.05, 3.63) is 35.9 Å². The lowest BCUT2D eigenvalue weighted by Crippen LogP contribution is -2.21. The molecule has 7 heteroatoms. The van der Waals surface area contributed by atoms with Gasteiger partial charge in [0, 0.05) is 11.1 Å². The molecule has 120 valence electrons. The summed E-state index contributed by atoms with van der Waals surface area (Å²) in [5.41, 5.74) is 2.88. The van der Waals surface area contributed by atoms with Crippen LogP contribution in [0, 0.1) is 29.6 Å². The Labute approximate surface area is 143 Å². The number of aromatic nitrogens is 3. The van der Waals surface area contributed by atoms with Crippen molar-refractivity contribution in [3.63, 3.8) is 0 Å². The number of Topliss-reactive ketones (excluding diaryl/α,β-unsaturated/α-hetero) is 1. The molecule has 1 aromatic carbocycles. The summed E-state index contributed by atoms with van der Waals surface area (Å²) in [6.07, 6.45) is 0. The molecule has 2 aromatic heterocycles. The lowest BCUT2D eigenvalue weighted by molar-refractivity contribution is -0.117. The Morgan fingerprint density at radius 1 is 1.42 bits per heavy atom. The van der Waals surface area contributed by atoms with Gasteiger partial charge in [0.1, 0.15) is 5.92 Å². The van der Waals surface area contributed by atoms with E-state index in [9.17, 15) is 4.79 Å². The smallest absolute Gasteiger partial charge is 0.196 e. The van der Waals surface area contributed by atoms with E-state index in [1.54, 1.807) is 0 Å². The number of aryl methyl sites for hydroxylation is 1. The van der Waals surface area contributed by atoms with Crippen molar-refractivity contribution >= 4 is 39.8 Å². The molecule has 0 saturated carbocycles. The van der Waals surface area contributed by atoms with Gasteiger partial charge in [-0.1, -0.05) is 30.0 Å². The third kappa shape index (κ3) is 2.76. The van der Waals surface area contributed by atoms with Crippen LogP contribution < -0.4 is 0 Å². The Hall–Kier alpha value is -2.72. The van der Waals surface area contributed by atoms with Gasteiger partial charge in [-0.25, -0.2) is 0 Å². The van der Waals surface area contributed by atoms with E-state index >= 15 is 0 Å². The van der Waals surface area contributed by atoms with Crippen molar-refractivity contribution < 1.29 is 4.79 Å². The largest absolute Gasteiger partial charge is 0.308 e. The third-order valence-corrected chi connectivity index (χ3v) is 4.75. The number of thioether (sulfide) groups is 1. The normalized spacial score (nSPS) is 12.2. The van der Waals surface area contributed by atoms with E-state index in [2.05, 4.69) is 10.2 Å². The zero-order chi connectivity index (χ0) is 17.3. The number of nitriles is 1. The molecule has 1 N–H and O–H groups in total.